The molecule has 1 heterocycles. The summed E-state index contributed by atoms with van der Waals surface area (Å²) in [5.74, 6) is 0. The molecule has 0 aliphatic rings. The monoisotopic (exact) mass is 242 g/mol. The van der Waals surface area contributed by atoms with E-state index in [9.17, 15) is 0 Å². The maximum absolute atomic E-state index is 2.51. The summed E-state index contributed by atoms with van der Waals surface area (Å²) in [4.78, 5) is 1.64. The molecule has 14 heavy (non-hydrogen) atoms. The predicted molar refractivity (Wildman–Crippen MR) is 73.8 cm³/mol. The Morgan fingerprint density at radius 2 is 1.50 bits per heavy atom. The van der Waals surface area contributed by atoms with E-state index in [1.165, 1.54) is 0 Å². The second-order valence-electron chi connectivity index (χ2n) is 6.18. The molecule has 0 aliphatic heterocycles. The molecule has 0 N–H and O–H groups in total. The molecule has 0 aromatic carbocycles. The SMILES string of the molecule is C[Si](C)(C)C(c1cccs1)[Si](C)(C)C. The molecule has 0 saturated carbocycles. The Kier molecular flexibility index (Phi) is 3.44. The highest BCUT2D eigenvalue weighted by Gasteiger charge is 2.38. The lowest BCUT2D eigenvalue weighted by Gasteiger charge is -2.37. The van der Waals surface area contributed by atoms with Gasteiger partial charge in [0.2, 0.25) is 0 Å². The van der Waals surface area contributed by atoms with Crippen LogP contribution in [0, 0.1) is 0 Å². The Balaban J connectivity index is 3.08. The molecule has 80 valence electrons. The van der Waals surface area contributed by atoms with Crippen LogP contribution in [0.25, 0.3) is 0 Å². The van der Waals surface area contributed by atoms with Gasteiger partial charge in [-0.25, -0.2) is 0 Å². The van der Waals surface area contributed by atoms with Gasteiger partial charge in [-0.2, -0.15) is 0 Å². The Morgan fingerprint density at radius 3 is 1.79 bits per heavy atom. The summed E-state index contributed by atoms with van der Waals surface area (Å²) in [6.07, 6.45) is 0. The highest BCUT2D eigenvalue weighted by molar-refractivity contribution is 7.12. The number of rotatable bonds is 3. The minimum atomic E-state index is -1.05. The molecule has 1 aromatic heterocycles. The topological polar surface area (TPSA) is 0 Å². The fraction of sp³-hybridized carbons (Fsp3) is 0.636. The molecule has 0 atom stereocenters. The third kappa shape index (κ3) is 2.81. The van der Waals surface area contributed by atoms with Crippen molar-refractivity contribution in [1.29, 1.82) is 0 Å². The van der Waals surface area contributed by atoms with Gasteiger partial charge in [0.1, 0.15) is 0 Å². The molecule has 0 radical (unpaired) electrons. The molecule has 0 fully saturated rings. The van der Waals surface area contributed by atoms with Crippen LogP contribution in [0.2, 0.25) is 39.3 Å². The van der Waals surface area contributed by atoms with Crippen LogP contribution in [-0.2, 0) is 0 Å². The first kappa shape index (κ1) is 12.2. The van der Waals surface area contributed by atoms with Crippen molar-refractivity contribution in [3.63, 3.8) is 0 Å². The van der Waals surface area contributed by atoms with Gasteiger partial charge in [-0.3, -0.25) is 0 Å². The molecule has 0 saturated heterocycles. The van der Waals surface area contributed by atoms with Crippen molar-refractivity contribution in [2.45, 2.75) is 44.4 Å². The lowest BCUT2D eigenvalue weighted by Crippen LogP contribution is -2.46. The van der Waals surface area contributed by atoms with Crippen LogP contribution in [0.3, 0.4) is 0 Å². The van der Waals surface area contributed by atoms with Crippen LogP contribution in [0.4, 0.5) is 0 Å². The van der Waals surface area contributed by atoms with E-state index in [2.05, 4.69) is 56.8 Å². The highest BCUT2D eigenvalue weighted by Crippen LogP contribution is 2.37. The second kappa shape index (κ2) is 3.95. The molecule has 1 aromatic rings. The minimum Gasteiger partial charge on any atom is -0.149 e. The average Bonchev–Trinajstić information content (AvgIpc) is 2.31. The van der Waals surface area contributed by atoms with Gasteiger partial charge >= 0.3 is 0 Å². The minimum absolute atomic E-state index is 0.912. The quantitative estimate of drug-likeness (QED) is 0.680. The van der Waals surface area contributed by atoms with E-state index in [-0.39, 0.29) is 0 Å². The summed E-state index contributed by atoms with van der Waals surface area (Å²) in [6.45, 7) is 15.1. The van der Waals surface area contributed by atoms with Gasteiger partial charge < -0.3 is 0 Å². The third-order valence-corrected chi connectivity index (χ3v) is 13.2. The van der Waals surface area contributed by atoms with Crippen molar-refractivity contribution in [2.75, 3.05) is 0 Å². The van der Waals surface area contributed by atoms with Crippen molar-refractivity contribution in [3.8, 4) is 0 Å². The van der Waals surface area contributed by atoms with Gasteiger partial charge in [0.25, 0.3) is 0 Å². The zero-order valence-electron chi connectivity index (χ0n) is 10.2. The van der Waals surface area contributed by atoms with Crippen LogP contribution in [0.1, 0.15) is 10.0 Å². The molecule has 0 unspecified atom stereocenters. The van der Waals surface area contributed by atoms with E-state index < -0.39 is 16.1 Å². The molecule has 0 bridgehead atoms. The van der Waals surface area contributed by atoms with Crippen molar-refractivity contribution in [3.05, 3.63) is 22.4 Å². The summed E-state index contributed by atoms with van der Waals surface area (Å²) in [5, 5.41) is 3.14. The molecule has 0 amide bonds. The molecule has 0 nitrogen and oxygen atoms in total. The van der Waals surface area contributed by atoms with Crippen molar-refractivity contribution in [2.24, 2.45) is 0 Å². The number of thiophene rings is 1. The van der Waals surface area contributed by atoms with Gasteiger partial charge in [-0.15, -0.1) is 11.3 Å². The van der Waals surface area contributed by atoms with E-state index >= 15 is 0 Å². The standard InChI is InChI=1S/C11H22SSi2/c1-13(2,3)11(14(4,5)6)10-8-7-9-12-10/h7-9,11H,1-6H3. The molecular formula is C11H22SSi2. The van der Waals surface area contributed by atoms with E-state index in [4.69, 9.17) is 0 Å². The Hall–Kier alpha value is 0.134. The Bertz CT molecular complexity index is 263. The normalized spacial score (nSPS) is 13.6. The van der Waals surface area contributed by atoms with Gasteiger partial charge in [-0.05, 0) is 16.6 Å². The number of hydrogen-bond donors (Lipinski definition) is 0. The number of hydrogen-bond acceptors (Lipinski definition) is 1. The molecule has 1 rings (SSSR count). The first-order valence-corrected chi connectivity index (χ1v) is 13.3. The van der Waals surface area contributed by atoms with Crippen molar-refractivity contribution >= 4 is 27.5 Å². The average molecular weight is 243 g/mol. The fourth-order valence-corrected chi connectivity index (χ4v) is 18.0. The molecule has 0 spiro atoms. The van der Waals surface area contributed by atoms with E-state index in [1.807, 2.05) is 11.3 Å². The van der Waals surface area contributed by atoms with Crippen LogP contribution in [0.5, 0.6) is 0 Å². The van der Waals surface area contributed by atoms with Gasteiger partial charge in [0.05, 0.1) is 16.1 Å². The lowest BCUT2D eigenvalue weighted by molar-refractivity contribution is 1.22. The smallest absolute Gasteiger partial charge is 0.0503 e. The Labute approximate surface area is 94.4 Å². The van der Waals surface area contributed by atoms with Crippen LogP contribution in [0.15, 0.2) is 17.5 Å². The first-order chi connectivity index (χ1) is 6.23. The molecule has 3 heteroatoms. The van der Waals surface area contributed by atoms with Gasteiger partial charge in [-0.1, -0.05) is 45.3 Å². The zero-order valence-corrected chi connectivity index (χ0v) is 13.0. The van der Waals surface area contributed by atoms with Gasteiger partial charge in [0, 0.05) is 4.88 Å². The van der Waals surface area contributed by atoms with Crippen LogP contribution < -0.4 is 0 Å². The van der Waals surface area contributed by atoms with Crippen molar-refractivity contribution in [1.82, 2.24) is 0 Å². The summed E-state index contributed by atoms with van der Waals surface area (Å²) < 4.78 is 0. The van der Waals surface area contributed by atoms with E-state index in [0.717, 1.165) is 5.16 Å². The Morgan fingerprint density at radius 1 is 1.00 bits per heavy atom. The van der Waals surface area contributed by atoms with Crippen molar-refractivity contribution < 1.29 is 0 Å². The maximum atomic E-state index is 2.51. The summed E-state index contributed by atoms with van der Waals surface area (Å²) in [5.41, 5.74) is 0. The fourth-order valence-electron chi connectivity index (χ4n) is 2.61. The van der Waals surface area contributed by atoms with E-state index in [0.29, 0.717) is 0 Å². The van der Waals surface area contributed by atoms with Crippen LogP contribution in [-0.4, -0.2) is 16.1 Å². The first-order valence-electron chi connectivity index (χ1n) is 5.26. The second-order valence-corrected chi connectivity index (χ2v) is 18.4. The lowest BCUT2D eigenvalue weighted by atomic mass is 10.5. The highest BCUT2D eigenvalue weighted by atomic mass is 32.1. The van der Waals surface area contributed by atoms with Crippen LogP contribution >= 0.6 is 11.3 Å². The summed E-state index contributed by atoms with van der Waals surface area (Å²) in [6, 6.07) is 4.54. The molecule has 0 aliphatic carbocycles. The van der Waals surface area contributed by atoms with E-state index in [1.54, 1.807) is 4.88 Å². The zero-order chi connectivity index (χ0) is 11.0. The summed E-state index contributed by atoms with van der Waals surface area (Å²) >= 11 is 1.95. The third-order valence-electron chi connectivity index (χ3n) is 2.56. The van der Waals surface area contributed by atoms with Gasteiger partial charge in [0.15, 0.2) is 0 Å². The largest absolute Gasteiger partial charge is 0.149 e. The summed E-state index contributed by atoms with van der Waals surface area (Å²) in [7, 11) is -2.11. The molecular weight excluding hydrogens is 220 g/mol. The maximum Gasteiger partial charge on any atom is 0.0503 e. The predicted octanol–water partition coefficient (Wildman–Crippen LogP) is 4.59.